The van der Waals surface area contributed by atoms with Crippen molar-refractivity contribution in [2.24, 2.45) is 0 Å². The predicted molar refractivity (Wildman–Crippen MR) is 69.1 cm³/mol. The van der Waals surface area contributed by atoms with Gasteiger partial charge in [0.05, 0.1) is 5.69 Å². The predicted octanol–water partition coefficient (Wildman–Crippen LogP) is 2.68. The lowest BCUT2D eigenvalue weighted by atomic mass is 10.1. The Hall–Kier alpha value is -1.68. The summed E-state index contributed by atoms with van der Waals surface area (Å²) in [6, 6.07) is 5.78. The first-order chi connectivity index (χ1) is 8.74. The van der Waals surface area contributed by atoms with Crippen molar-refractivity contribution in [3.05, 3.63) is 35.9 Å². The third kappa shape index (κ3) is 2.04. The molecule has 1 atom stereocenters. The molecule has 4 heteroatoms. The van der Waals surface area contributed by atoms with Crippen LogP contribution in [-0.4, -0.2) is 28.5 Å². The molecule has 0 amide bonds. The molecular formula is C14H17N3O. The van der Waals surface area contributed by atoms with Gasteiger partial charge in [-0.15, -0.1) is 0 Å². The molecule has 0 aromatic carbocycles. The molecule has 2 aromatic rings. The van der Waals surface area contributed by atoms with Crippen LogP contribution in [-0.2, 0) is 6.54 Å². The number of fused-ring (bicyclic) bond motifs is 1. The van der Waals surface area contributed by atoms with Gasteiger partial charge in [0, 0.05) is 18.7 Å². The fourth-order valence-electron chi connectivity index (χ4n) is 2.34. The molecule has 94 valence electrons. The summed E-state index contributed by atoms with van der Waals surface area (Å²) in [7, 11) is 2.12. The van der Waals surface area contributed by atoms with Gasteiger partial charge in [-0.25, -0.2) is 4.98 Å². The highest BCUT2D eigenvalue weighted by molar-refractivity contribution is 5.47. The molecular weight excluding hydrogens is 226 g/mol. The number of rotatable bonds is 1. The zero-order valence-corrected chi connectivity index (χ0v) is 10.8. The molecule has 0 saturated carbocycles. The molecule has 1 aliphatic rings. The fourth-order valence-corrected chi connectivity index (χ4v) is 2.34. The average Bonchev–Trinajstić information content (AvgIpc) is 2.76. The molecule has 4 nitrogen and oxygen atoms in total. The van der Waals surface area contributed by atoms with Crippen LogP contribution in [0.25, 0.3) is 11.6 Å². The monoisotopic (exact) mass is 243 g/mol. The highest BCUT2D eigenvalue weighted by atomic mass is 16.4. The van der Waals surface area contributed by atoms with Crippen molar-refractivity contribution < 1.29 is 4.42 Å². The summed E-state index contributed by atoms with van der Waals surface area (Å²) in [5, 5.41) is 0. The molecule has 18 heavy (non-hydrogen) atoms. The first kappa shape index (κ1) is 11.4. The standard InChI is InChI=1S/C14H17N3O/c1-10-6-8-17(2)9-12-13(10)18-14(16-12)11-5-3-4-7-15-11/h3-5,7,10H,6,8-9H2,1-2H3. The molecule has 0 aliphatic carbocycles. The van der Waals surface area contributed by atoms with E-state index in [2.05, 4.69) is 28.8 Å². The van der Waals surface area contributed by atoms with Crippen molar-refractivity contribution in [1.29, 1.82) is 0 Å². The van der Waals surface area contributed by atoms with E-state index in [1.165, 1.54) is 0 Å². The van der Waals surface area contributed by atoms with E-state index in [0.29, 0.717) is 11.8 Å². The van der Waals surface area contributed by atoms with Gasteiger partial charge < -0.3 is 9.32 Å². The third-order valence-corrected chi connectivity index (χ3v) is 3.42. The lowest BCUT2D eigenvalue weighted by Gasteiger charge is -2.11. The second-order valence-electron chi connectivity index (χ2n) is 4.97. The van der Waals surface area contributed by atoms with Crippen molar-refractivity contribution in [1.82, 2.24) is 14.9 Å². The molecule has 0 bridgehead atoms. The van der Waals surface area contributed by atoms with Gasteiger partial charge >= 0.3 is 0 Å². The molecule has 2 aromatic heterocycles. The minimum Gasteiger partial charge on any atom is -0.439 e. The van der Waals surface area contributed by atoms with Crippen LogP contribution in [0.4, 0.5) is 0 Å². The Balaban J connectivity index is 2.01. The summed E-state index contributed by atoms with van der Waals surface area (Å²) in [4.78, 5) is 11.2. The SMILES string of the molecule is CC1CCN(C)Cc2nc(-c3ccccn3)oc21. The number of hydrogen-bond donors (Lipinski definition) is 0. The smallest absolute Gasteiger partial charge is 0.245 e. The van der Waals surface area contributed by atoms with Crippen LogP contribution in [0.3, 0.4) is 0 Å². The number of oxazole rings is 1. The van der Waals surface area contributed by atoms with Gasteiger partial charge in [0.25, 0.3) is 0 Å². The molecule has 0 fully saturated rings. The summed E-state index contributed by atoms with van der Waals surface area (Å²) < 4.78 is 5.93. The van der Waals surface area contributed by atoms with Crippen LogP contribution >= 0.6 is 0 Å². The normalized spacial score (nSPS) is 20.4. The highest BCUT2D eigenvalue weighted by Crippen LogP contribution is 2.31. The zero-order valence-electron chi connectivity index (χ0n) is 10.8. The Bertz CT molecular complexity index is 535. The lowest BCUT2D eigenvalue weighted by molar-refractivity contribution is 0.322. The summed E-state index contributed by atoms with van der Waals surface area (Å²) in [6.07, 6.45) is 2.88. The first-order valence-corrected chi connectivity index (χ1v) is 6.33. The van der Waals surface area contributed by atoms with Crippen molar-refractivity contribution in [2.45, 2.75) is 25.8 Å². The number of hydrogen-bond acceptors (Lipinski definition) is 4. The van der Waals surface area contributed by atoms with Crippen molar-refractivity contribution >= 4 is 0 Å². The van der Waals surface area contributed by atoms with Gasteiger partial charge in [-0.3, -0.25) is 4.98 Å². The Kier molecular flexibility index (Phi) is 2.88. The summed E-state index contributed by atoms with van der Waals surface area (Å²) in [5.74, 6) is 2.10. The second-order valence-corrected chi connectivity index (χ2v) is 4.97. The van der Waals surface area contributed by atoms with Crippen LogP contribution < -0.4 is 0 Å². The minimum atomic E-state index is 0.426. The Morgan fingerprint density at radius 1 is 1.39 bits per heavy atom. The summed E-state index contributed by atoms with van der Waals surface area (Å²) in [5.41, 5.74) is 1.86. The lowest BCUT2D eigenvalue weighted by Crippen LogP contribution is -2.17. The second kappa shape index (κ2) is 4.53. The Morgan fingerprint density at radius 3 is 3.06 bits per heavy atom. The van der Waals surface area contributed by atoms with Crippen LogP contribution in [0.5, 0.6) is 0 Å². The maximum Gasteiger partial charge on any atom is 0.245 e. The molecule has 0 saturated heterocycles. The first-order valence-electron chi connectivity index (χ1n) is 6.33. The number of pyridine rings is 1. The van der Waals surface area contributed by atoms with E-state index in [1.807, 2.05) is 18.2 Å². The quantitative estimate of drug-likeness (QED) is 0.772. The van der Waals surface area contributed by atoms with E-state index in [1.54, 1.807) is 6.20 Å². The molecule has 0 N–H and O–H groups in total. The van der Waals surface area contributed by atoms with Crippen molar-refractivity contribution in [2.75, 3.05) is 13.6 Å². The molecule has 3 rings (SSSR count). The Labute approximate surface area is 107 Å². The van der Waals surface area contributed by atoms with E-state index in [-0.39, 0.29) is 0 Å². The van der Waals surface area contributed by atoms with E-state index < -0.39 is 0 Å². The summed E-state index contributed by atoms with van der Waals surface area (Å²) in [6.45, 7) is 4.15. The average molecular weight is 243 g/mol. The van der Waals surface area contributed by atoms with Crippen LogP contribution in [0.15, 0.2) is 28.8 Å². The number of nitrogens with zero attached hydrogens (tertiary/aromatic N) is 3. The van der Waals surface area contributed by atoms with Gasteiger partial charge in [0.15, 0.2) is 0 Å². The largest absolute Gasteiger partial charge is 0.439 e. The van der Waals surface area contributed by atoms with Gasteiger partial charge in [-0.2, -0.15) is 0 Å². The van der Waals surface area contributed by atoms with Crippen molar-refractivity contribution in [3.8, 4) is 11.6 Å². The molecule has 0 radical (unpaired) electrons. The zero-order chi connectivity index (χ0) is 12.5. The minimum absolute atomic E-state index is 0.426. The maximum atomic E-state index is 5.93. The third-order valence-electron chi connectivity index (χ3n) is 3.42. The molecule has 1 unspecified atom stereocenters. The van der Waals surface area contributed by atoms with Gasteiger partial charge in [-0.1, -0.05) is 13.0 Å². The van der Waals surface area contributed by atoms with E-state index >= 15 is 0 Å². The van der Waals surface area contributed by atoms with Crippen molar-refractivity contribution in [3.63, 3.8) is 0 Å². The topological polar surface area (TPSA) is 42.2 Å². The van der Waals surface area contributed by atoms with Gasteiger partial charge in [0.2, 0.25) is 5.89 Å². The van der Waals surface area contributed by atoms with E-state index in [9.17, 15) is 0 Å². The van der Waals surface area contributed by atoms with Crippen LogP contribution in [0.1, 0.15) is 30.7 Å². The van der Waals surface area contributed by atoms with E-state index in [0.717, 1.165) is 36.7 Å². The number of aromatic nitrogens is 2. The molecule has 1 aliphatic heterocycles. The van der Waals surface area contributed by atoms with Crippen LogP contribution in [0, 0.1) is 0 Å². The summed E-state index contributed by atoms with van der Waals surface area (Å²) >= 11 is 0. The molecule has 3 heterocycles. The van der Waals surface area contributed by atoms with Gasteiger partial charge in [0.1, 0.15) is 11.5 Å². The van der Waals surface area contributed by atoms with E-state index in [4.69, 9.17) is 4.42 Å². The van der Waals surface area contributed by atoms with Gasteiger partial charge in [-0.05, 0) is 32.1 Å². The Morgan fingerprint density at radius 2 is 2.28 bits per heavy atom. The maximum absolute atomic E-state index is 5.93. The highest BCUT2D eigenvalue weighted by Gasteiger charge is 2.24. The van der Waals surface area contributed by atoms with Crippen LogP contribution in [0.2, 0.25) is 0 Å². The molecule has 0 spiro atoms. The fraction of sp³-hybridized carbons (Fsp3) is 0.429.